The van der Waals surface area contributed by atoms with E-state index in [1.54, 1.807) is 36.6 Å². The number of nitriles is 1. The summed E-state index contributed by atoms with van der Waals surface area (Å²) in [6, 6.07) is 11.1. The molecule has 0 radical (unpaired) electrons. The Balaban J connectivity index is 1.85. The molecule has 150 valence electrons. The summed E-state index contributed by atoms with van der Waals surface area (Å²) < 4.78 is 54.0. The van der Waals surface area contributed by atoms with Gasteiger partial charge >= 0.3 is 6.18 Å². The van der Waals surface area contributed by atoms with Gasteiger partial charge in [-0.15, -0.1) is 11.3 Å². The number of hydrogen-bond donors (Lipinski definition) is 1. The lowest BCUT2D eigenvalue weighted by molar-refractivity contribution is -0.141. The van der Waals surface area contributed by atoms with Gasteiger partial charge in [-0.1, -0.05) is 18.2 Å². The van der Waals surface area contributed by atoms with Gasteiger partial charge in [-0.25, -0.2) is 9.19 Å². The van der Waals surface area contributed by atoms with Crippen LogP contribution in [0.25, 0.3) is 11.3 Å². The summed E-state index contributed by atoms with van der Waals surface area (Å²) in [4.78, 5) is 8.19. The molecule has 1 atom stereocenters. The first-order chi connectivity index (χ1) is 13.6. The Morgan fingerprint density at radius 3 is 2.45 bits per heavy atom. The van der Waals surface area contributed by atoms with E-state index in [9.17, 15) is 17.4 Å². The zero-order valence-corrected chi connectivity index (χ0v) is 17.0. The molecule has 1 unspecified atom stereocenters. The van der Waals surface area contributed by atoms with E-state index in [1.165, 1.54) is 23.7 Å². The molecule has 5 nitrogen and oxygen atoms in total. The van der Waals surface area contributed by atoms with E-state index in [1.807, 2.05) is 6.07 Å². The summed E-state index contributed by atoms with van der Waals surface area (Å²) in [5.74, 6) is 0. The summed E-state index contributed by atoms with van der Waals surface area (Å²) in [5, 5.41) is 11.1. The van der Waals surface area contributed by atoms with Crippen LogP contribution in [-0.4, -0.2) is 25.3 Å². The SMILES string of the molecule is CC(c1ccc(C(F)(F)F)nc1)=S(C)(=O)Nc1nc(-c2ccc(C#N)cc2)cs1. The van der Waals surface area contributed by atoms with E-state index in [0.29, 0.717) is 26.8 Å². The number of nitrogens with zero attached hydrogens (tertiary/aromatic N) is 3. The van der Waals surface area contributed by atoms with Gasteiger partial charge in [-0.3, -0.25) is 9.71 Å². The van der Waals surface area contributed by atoms with Gasteiger partial charge in [0.15, 0.2) is 5.13 Å². The first-order valence-electron chi connectivity index (χ1n) is 8.20. The summed E-state index contributed by atoms with van der Waals surface area (Å²) >= 11 is 1.26. The summed E-state index contributed by atoms with van der Waals surface area (Å²) in [5.41, 5.74) is 1.35. The van der Waals surface area contributed by atoms with Crippen molar-refractivity contribution in [3.05, 3.63) is 64.8 Å². The maximum absolute atomic E-state index is 13.1. The van der Waals surface area contributed by atoms with Crippen LogP contribution in [0.5, 0.6) is 0 Å². The zero-order valence-electron chi connectivity index (χ0n) is 15.3. The molecule has 2 aromatic heterocycles. The number of pyridine rings is 1. The number of nitrogens with one attached hydrogen (secondary N) is 1. The molecular formula is C19H15F3N4OS2. The topological polar surface area (TPSA) is 78.7 Å². The Morgan fingerprint density at radius 2 is 1.90 bits per heavy atom. The highest BCUT2D eigenvalue weighted by molar-refractivity contribution is 8.03. The van der Waals surface area contributed by atoms with E-state index >= 15 is 0 Å². The highest BCUT2D eigenvalue weighted by Crippen LogP contribution is 2.28. The minimum Gasteiger partial charge on any atom is -0.288 e. The number of halogens is 3. The minimum atomic E-state index is -4.53. The number of benzene rings is 1. The lowest BCUT2D eigenvalue weighted by Crippen LogP contribution is -2.20. The molecule has 1 N–H and O–H groups in total. The molecule has 0 fully saturated rings. The number of rotatable bonds is 4. The second-order valence-electron chi connectivity index (χ2n) is 6.16. The molecule has 0 aliphatic carbocycles. The molecule has 0 bridgehead atoms. The van der Waals surface area contributed by atoms with Gasteiger partial charge in [0, 0.05) is 33.8 Å². The average molecular weight is 436 g/mol. The minimum absolute atomic E-state index is 0.349. The molecular weight excluding hydrogens is 421 g/mol. The predicted octanol–water partition coefficient (Wildman–Crippen LogP) is 4.58. The quantitative estimate of drug-likeness (QED) is 0.480. The fourth-order valence-corrected chi connectivity index (χ4v) is 4.74. The third-order valence-electron chi connectivity index (χ3n) is 4.14. The molecule has 0 saturated carbocycles. The first kappa shape index (κ1) is 20.8. The van der Waals surface area contributed by atoms with Gasteiger partial charge in [0.1, 0.15) is 5.69 Å². The van der Waals surface area contributed by atoms with Crippen LogP contribution in [0.1, 0.15) is 23.7 Å². The Bertz CT molecular complexity index is 1180. The van der Waals surface area contributed by atoms with Crippen LogP contribution < -0.4 is 4.72 Å². The molecule has 0 spiro atoms. The number of alkyl halides is 3. The number of thiazole rings is 1. The molecule has 0 aliphatic rings. The second-order valence-corrected chi connectivity index (χ2v) is 9.52. The lowest BCUT2D eigenvalue weighted by atomic mass is 10.1. The standard InChI is InChI=1S/C19H15F3N4OS2/c1-12(15-7-8-17(24-10-15)19(20,21)22)29(2,27)26-18-25-16(11-28-18)14-5-3-13(9-23)4-6-14/h3-8,10-11H,1-2H3,(H,25,26,27). The van der Waals surface area contributed by atoms with Crippen LogP contribution >= 0.6 is 11.3 Å². The van der Waals surface area contributed by atoms with Crippen LogP contribution in [0.15, 0.2) is 48.0 Å². The third-order valence-corrected chi connectivity index (χ3v) is 7.01. The number of aromatic nitrogens is 2. The summed E-state index contributed by atoms with van der Waals surface area (Å²) in [7, 11) is -2.79. The van der Waals surface area contributed by atoms with Crippen molar-refractivity contribution < 1.29 is 17.4 Å². The van der Waals surface area contributed by atoms with Crippen molar-refractivity contribution in [2.75, 3.05) is 11.0 Å². The number of hydrogen-bond acceptors (Lipinski definition) is 5. The van der Waals surface area contributed by atoms with Crippen molar-refractivity contribution in [2.45, 2.75) is 13.1 Å². The maximum atomic E-state index is 13.1. The fourth-order valence-electron chi connectivity index (χ4n) is 2.41. The molecule has 2 heterocycles. The average Bonchev–Trinajstić information content (AvgIpc) is 3.14. The van der Waals surface area contributed by atoms with E-state index in [0.717, 1.165) is 17.8 Å². The van der Waals surface area contributed by atoms with Crippen molar-refractivity contribution in [1.29, 1.82) is 5.26 Å². The molecule has 29 heavy (non-hydrogen) atoms. The zero-order chi connectivity index (χ0) is 21.2. The van der Waals surface area contributed by atoms with Gasteiger partial charge in [-0.05, 0) is 25.1 Å². The smallest absolute Gasteiger partial charge is 0.288 e. The predicted molar refractivity (Wildman–Crippen MR) is 109 cm³/mol. The Hall–Kier alpha value is -2.90. The fraction of sp³-hybridized carbons (Fsp3) is 0.158. The first-order valence-corrected chi connectivity index (χ1v) is 11.0. The van der Waals surface area contributed by atoms with Crippen molar-refractivity contribution in [3.63, 3.8) is 0 Å². The van der Waals surface area contributed by atoms with Crippen molar-refractivity contribution in [3.8, 4) is 17.3 Å². The molecule has 1 aromatic carbocycles. The van der Waals surface area contributed by atoms with Crippen molar-refractivity contribution in [2.24, 2.45) is 0 Å². The van der Waals surface area contributed by atoms with Gasteiger partial charge in [-0.2, -0.15) is 18.4 Å². The second kappa shape index (κ2) is 7.85. The molecule has 0 aliphatic heterocycles. The van der Waals surface area contributed by atoms with Crippen LogP contribution in [0.4, 0.5) is 18.3 Å². The van der Waals surface area contributed by atoms with Crippen LogP contribution in [-0.2, 0) is 15.9 Å². The van der Waals surface area contributed by atoms with Gasteiger partial charge < -0.3 is 0 Å². The summed E-state index contributed by atoms with van der Waals surface area (Å²) in [6.07, 6.45) is -2.00. The maximum Gasteiger partial charge on any atom is 0.433 e. The molecule has 0 saturated heterocycles. The van der Waals surface area contributed by atoms with E-state index < -0.39 is 21.6 Å². The number of anilines is 1. The summed E-state index contributed by atoms with van der Waals surface area (Å²) in [6.45, 7) is 1.58. The normalized spacial score (nSPS) is 13.4. The molecule has 10 heteroatoms. The van der Waals surface area contributed by atoms with Crippen LogP contribution in [0, 0.1) is 11.3 Å². The molecule has 0 amide bonds. The van der Waals surface area contributed by atoms with Gasteiger partial charge in [0.05, 0.1) is 27.0 Å². The van der Waals surface area contributed by atoms with E-state index in [-0.39, 0.29) is 0 Å². The Labute approximate surface area is 170 Å². The highest BCUT2D eigenvalue weighted by atomic mass is 32.2. The van der Waals surface area contributed by atoms with Gasteiger partial charge in [0.25, 0.3) is 0 Å². The Morgan fingerprint density at radius 1 is 1.21 bits per heavy atom. The van der Waals surface area contributed by atoms with Crippen molar-refractivity contribution >= 4 is 31.0 Å². The highest BCUT2D eigenvalue weighted by Gasteiger charge is 2.32. The van der Waals surface area contributed by atoms with Crippen LogP contribution in [0.2, 0.25) is 0 Å². The van der Waals surface area contributed by atoms with Crippen molar-refractivity contribution in [1.82, 2.24) is 9.97 Å². The lowest BCUT2D eigenvalue weighted by Gasteiger charge is -2.12. The van der Waals surface area contributed by atoms with Crippen LogP contribution in [0.3, 0.4) is 0 Å². The monoisotopic (exact) mass is 436 g/mol. The largest absolute Gasteiger partial charge is 0.433 e. The Kier molecular flexibility index (Phi) is 5.64. The third kappa shape index (κ3) is 4.75. The molecule has 3 rings (SSSR count). The van der Waals surface area contributed by atoms with Gasteiger partial charge in [0.2, 0.25) is 0 Å². The van der Waals surface area contributed by atoms with E-state index in [2.05, 4.69) is 14.7 Å². The molecule has 3 aromatic rings. The van der Waals surface area contributed by atoms with E-state index in [4.69, 9.17) is 5.26 Å².